The number of para-hydroxylation sites is 1. The largest absolute Gasteiger partial charge is 0.440 e. The molecule has 0 bridgehead atoms. The van der Waals surface area contributed by atoms with E-state index in [2.05, 4.69) is 4.98 Å². The van der Waals surface area contributed by atoms with Gasteiger partial charge >= 0.3 is 0 Å². The molecule has 1 aromatic carbocycles. The number of nitrogens with zero attached hydrogens (tertiary/aromatic N) is 1. The van der Waals surface area contributed by atoms with Crippen molar-refractivity contribution in [3.8, 4) is 0 Å². The number of aryl methyl sites for hydroxylation is 1. The molecule has 16 heavy (non-hydrogen) atoms. The lowest BCUT2D eigenvalue weighted by Gasteiger charge is -2.37. The lowest BCUT2D eigenvalue weighted by Crippen LogP contribution is -2.41. The van der Waals surface area contributed by atoms with Gasteiger partial charge in [-0.3, -0.25) is 0 Å². The van der Waals surface area contributed by atoms with Crippen molar-refractivity contribution in [2.75, 3.05) is 6.54 Å². The first-order valence-corrected chi connectivity index (χ1v) is 5.82. The summed E-state index contributed by atoms with van der Waals surface area (Å²) in [4.78, 5) is 4.59. The Hall–Kier alpha value is -1.35. The Morgan fingerprint density at radius 1 is 1.44 bits per heavy atom. The highest BCUT2D eigenvalue weighted by Crippen LogP contribution is 2.43. The molecule has 3 rings (SSSR count). The fraction of sp³-hybridized carbons (Fsp3) is 0.462. The maximum Gasteiger partial charge on any atom is 0.202 e. The number of aromatic nitrogens is 1. The van der Waals surface area contributed by atoms with Crippen molar-refractivity contribution in [3.63, 3.8) is 0 Å². The molecular weight excluding hydrogens is 200 g/mol. The van der Waals surface area contributed by atoms with E-state index >= 15 is 0 Å². The van der Waals surface area contributed by atoms with E-state index in [1.165, 1.54) is 6.42 Å². The van der Waals surface area contributed by atoms with Crippen molar-refractivity contribution >= 4 is 11.1 Å². The molecule has 1 saturated carbocycles. The average molecular weight is 216 g/mol. The summed E-state index contributed by atoms with van der Waals surface area (Å²) in [6, 6.07) is 6.06. The highest BCUT2D eigenvalue weighted by Gasteiger charge is 2.41. The van der Waals surface area contributed by atoms with Gasteiger partial charge in [-0.05, 0) is 31.4 Å². The number of hydrogen-bond donors (Lipinski definition) is 1. The molecule has 0 atom stereocenters. The number of nitrogens with two attached hydrogens (primary N) is 1. The van der Waals surface area contributed by atoms with Gasteiger partial charge in [0.25, 0.3) is 0 Å². The van der Waals surface area contributed by atoms with E-state index in [4.69, 9.17) is 10.2 Å². The minimum Gasteiger partial charge on any atom is -0.440 e. The smallest absolute Gasteiger partial charge is 0.202 e. The summed E-state index contributed by atoms with van der Waals surface area (Å²) >= 11 is 0. The lowest BCUT2D eigenvalue weighted by atomic mass is 9.69. The monoisotopic (exact) mass is 216 g/mol. The van der Waals surface area contributed by atoms with Gasteiger partial charge < -0.3 is 10.2 Å². The normalized spacial score (nSPS) is 18.6. The van der Waals surface area contributed by atoms with E-state index in [9.17, 15) is 0 Å². The molecule has 1 heterocycles. The summed E-state index contributed by atoms with van der Waals surface area (Å²) in [7, 11) is 0. The Balaban J connectivity index is 2.15. The zero-order valence-corrected chi connectivity index (χ0v) is 9.49. The van der Waals surface area contributed by atoms with Gasteiger partial charge in [0.05, 0.1) is 5.41 Å². The lowest BCUT2D eigenvalue weighted by molar-refractivity contribution is 0.203. The number of oxazole rings is 1. The third-order valence-corrected chi connectivity index (χ3v) is 3.77. The molecule has 0 spiro atoms. The van der Waals surface area contributed by atoms with Crippen LogP contribution in [0.15, 0.2) is 22.6 Å². The fourth-order valence-corrected chi connectivity index (χ4v) is 2.42. The number of hydrogen-bond acceptors (Lipinski definition) is 3. The van der Waals surface area contributed by atoms with Crippen molar-refractivity contribution in [2.45, 2.75) is 31.6 Å². The Labute approximate surface area is 94.7 Å². The quantitative estimate of drug-likeness (QED) is 0.839. The third kappa shape index (κ3) is 1.21. The second-order valence-electron chi connectivity index (χ2n) is 4.78. The minimum atomic E-state index is 0.0193. The van der Waals surface area contributed by atoms with E-state index in [0.717, 1.165) is 35.4 Å². The van der Waals surface area contributed by atoms with Crippen LogP contribution < -0.4 is 5.73 Å². The van der Waals surface area contributed by atoms with Gasteiger partial charge in [-0.25, -0.2) is 4.98 Å². The van der Waals surface area contributed by atoms with Gasteiger partial charge in [0.1, 0.15) is 5.52 Å². The summed E-state index contributed by atoms with van der Waals surface area (Å²) in [5.41, 5.74) is 8.89. The molecule has 0 saturated heterocycles. The van der Waals surface area contributed by atoms with Crippen molar-refractivity contribution in [1.29, 1.82) is 0 Å². The summed E-state index contributed by atoms with van der Waals surface area (Å²) in [5.74, 6) is 0.838. The van der Waals surface area contributed by atoms with Crippen LogP contribution in [0.1, 0.15) is 30.7 Å². The van der Waals surface area contributed by atoms with Crippen molar-refractivity contribution in [2.24, 2.45) is 5.73 Å². The maximum atomic E-state index is 5.91. The number of benzene rings is 1. The molecule has 1 aliphatic carbocycles. The number of fused-ring (bicyclic) bond motifs is 1. The Bertz CT molecular complexity index is 520. The second kappa shape index (κ2) is 3.32. The van der Waals surface area contributed by atoms with E-state index in [1.54, 1.807) is 0 Å². The Kier molecular flexibility index (Phi) is 2.04. The minimum absolute atomic E-state index is 0.0193. The summed E-state index contributed by atoms with van der Waals surface area (Å²) < 4.78 is 5.91. The van der Waals surface area contributed by atoms with Crippen LogP contribution in [0.5, 0.6) is 0 Å². The van der Waals surface area contributed by atoms with E-state index in [1.807, 2.05) is 25.1 Å². The van der Waals surface area contributed by atoms with Gasteiger partial charge in [0.15, 0.2) is 5.58 Å². The van der Waals surface area contributed by atoms with Crippen LogP contribution in [0.4, 0.5) is 0 Å². The third-order valence-electron chi connectivity index (χ3n) is 3.77. The molecule has 84 valence electrons. The molecule has 2 N–H and O–H groups in total. The predicted octanol–water partition coefficient (Wildman–Crippen LogP) is 2.52. The molecule has 0 unspecified atom stereocenters. The molecule has 0 aliphatic heterocycles. The van der Waals surface area contributed by atoms with Crippen LogP contribution >= 0.6 is 0 Å². The molecule has 0 radical (unpaired) electrons. The van der Waals surface area contributed by atoms with Crippen LogP contribution in [-0.2, 0) is 5.41 Å². The van der Waals surface area contributed by atoms with Gasteiger partial charge in [-0.15, -0.1) is 0 Å². The van der Waals surface area contributed by atoms with Gasteiger partial charge in [-0.1, -0.05) is 18.6 Å². The predicted molar refractivity (Wildman–Crippen MR) is 63.3 cm³/mol. The molecule has 3 heteroatoms. The first kappa shape index (κ1) is 9.85. The van der Waals surface area contributed by atoms with Gasteiger partial charge in [0, 0.05) is 6.54 Å². The molecule has 2 aromatic rings. The molecule has 1 aliphatic rings. The Morgan fingerprint density at radius 2 is 2.25 bits per heavy atom. The summed E-state index contributed by atoms with van der Waals surface area (Å²) in [5, 5.41) is 0. The SMILES string of the molecule is Cc1cccc2nc(C3(CN)CCC3)oc12. The molecule has 0 amide bonds. The molecule has 1 aromatic heterocycles. The number of rotatable bonds is 2. The molecular formula is C13H16N2O. The van der Waals surface area contributed by atoms with Crippen molar-refractivity contribution in [1.82, 2.24) is 4.98 Å². The Morgan fingerprint density at radius 3 is 2.81 bits per heavy atom. The second-order valence-corrected chi connectivity index (χ2v) is 4.78. The zero-order chi connectivity index (χ0) is 11.2. The maximum absolute atomic E-state index is 5.91. The summed E-state index contributed by atoms with van der Waals surface area (Å²) in [6.45, 7) is 2.69. The standard InChI is InChI=1S/C13H16N2O/c1-9-4-2-5-10-11(9)16-12(15-10)13(8-14)6-3-7-13/h2,4-5H,3,6-8,14H2,1H3. The molecule has 3 nitrogen and oxygen atoms in total. The van der Waals surface area contributed by atoms with Gasteiger partial charge in [-0.2, -0.15) is 0 Å². The van der Waals surface area contributed by atoms with Crippen LogP contribution in [0.2, 0.25) is 0 Å². The highest BCUT2D eigenvalue weighted by atomic mass is 16.3. The topological polar surface area (TPSA) is 52.0 Å². The van der Waals surface area contributed by atoms with E-state index in [0.29, 0.717) is 6.54 Å². The first-order chi connectivity index (χ1) is 7.75. The van der Waals surface area contributed by atoms with Crippen molar-refractivity contribution in [3.05, 3.63) is 29.7 Å². The first-order valence-electron chi connectivity index (χ1n) is 5.82. The van der Waals surface area contributed by atoms with Crippen LogP contribution in [0, 0.1) is 6.92 Å². The highest BCUT2D eigenvalue weighted by molar-refractivity contribution is 5.76. The van der Waals surface area contributed by atoms with Crippen molar-refractivity contribution < 1.29 is 4.42 Å². The van der Waals surface area contributed by atoms with Crippen LogP contribution in [0.3, 0.4) is 0 Å². The zero-order valence-electron chi connectivity index (χ0n) is 9.49. The van der Waals surface area contributed by atoms with E-state index in [-0.39, 0.29) is 5.41 Å². The van der Waals surface area contributed by atoms with Crippen LogP contribution in [-0.4, -0.2) is 11.5 Å². The van der Waals surface area contributed by atoms with Gasteiger partial charge in [0.2, 0.25) is 5.89 Å². The fourth-order valence-electron chi connectivity index (χ4n) is 2.42. The average Bonchev–Trinajstić information content (AvgIpc) is 2.62. The summed E-state index contributed by atoms with van der Waals surface area (Å²) in [6.07, 6.45) is 3.44. The molecule has 1 fully saturated rings. The van der Waals surface area contributed by atoms with E-state index < -0.39 is 0 Å². The van der Waals surface area contributed by atoms with Crippen LogP contribution in [0.25, 0.3) is 11.1 Å².